The summed E-state index contributed by atoms with van der Waals surface area (Å²) in [4.78, 5) is 14.6. The lowest BCUT2D eigenvalue weighted by molar-refractivity contribution is 0.174. The minimum atomic E-state index is -0.176. The molecule has 0 spiro atoms. The van der Waals surface area contributed by atoms with Crippen molar-refractivity contribution in [1.82, 2.24) is 15.1 Å². The Morgan fingerprint density at radius 2 is 2.03 bits per heavy atom. The van der Waals surface area contributed by atoms with Gasteiger partial charge >= 0.3 is 6.03 Å². The molecule has 9 heteroatoms. The normalized spacial score (nSPS) is 17.5. The van der Waals surface area contributed by atoms with Gasteiger partial charge < -0.3 is 28.8 Å². The molecule has 2 amide bonds. The number of carbonyl (C=O) groups excluding carboxylic acids is 1. The third kappa shape index (κ3) is 3.86. The van der Waals surface area contributed by atoms with E-state index in [-0.39, 0.29) is 18.7 Å². The summed E-state index contributed by atoms with van der Waals surface area (Å²) >= 11 is 0. The number of methoxy groups -OCH3 is 1. The molecule has 0 saturated carbocycles. The summed E-state index contributed by atoms with van der Waals surface area (Å²) in [5, 5.41) is 11.4. The zero-order chi connectivity index (χ0) is 21.2. The highest BCUT2D eigenvalue weighted by atomic mass is 16.7. The minimum Gasteiger partial charge on any atom is -0.495 e. The van der Waals surface area contributed by atoms with Gasteiger partial charge in [-0.25, -0.2) is 4.79 Å². The Hall–Kier alpha value is -3.75. The molecule has 3 aromatic rings. The number of benzene rings is 2. The molecule has 2 aliphatic rings. The fourth-order valence-electron chi connectivity index (χ4n) is 3.85. The monoisotopic (exact) mass is 422 g/mol. The van der Waals surface area contributed by atoms with Crippen molar-refractivity contribution in [2.45, 2.75) is 18.8 Å². The Bertz CT molecular complexity index is 1100. The molecular weight excluding hydrogens is 400 g/mol. The number of nitrogens with one attached hydrogen (secondary N) is 1. The number of anilines is 1. The number of piperidine rings is 1. The van der Waals surface area contributed by atoms with Crippen LogP contribution in [0.5, 0.6) is 17.2 Å². The van der Waals surface area contributed by atoms with Gasteiger partial charge in [-0.2, -0.15) is 0 Å². The predicted molar refractivity (Wildman–Crippen MR) is 111 cm³/mol. The number of aromatic nitrogens is 2. The van der Waals surface area contributed by atoms with Crippen molar-refractivity contribution in [3.05, 3.63) is 48.4 Å². The van der Waals surface area contributed by atoms with Gasteiger partial charge in [0.05, 0.1) is 18.7 Å². The maximum absolute atomic E-state index is 12.8. The van der Waals surface area contributed by atoms with Gasteiger partial charge in [0.1, 0.15) is 5.75 Å². The van der Waals surface area contributed by atoms with Crippen LogP contribution >= 0.6 is 0 Å². The summed E-state index contributed by atoms with van der Waals surface area (Å²) in [6.45, 7) is 1.38. The lowest BCUT2D eigenvalue weighted by Gasteiger charge is -2.31. The first kappa shape index (κ1) is 19.2. The Morgan fingerprint density at radius 1 is 1.16 bits per heavy atom. The van der Waals surface area contributed by atoms with Crippen molar-refractivity contribution in [1.29, 1.82) is 0 Å². The predicted octanol–water partition coefficient (Wildman–Crippen LogP) is 3.89. The molecule has 5 rings (SSSR count). The molecule has 3 heterocycles. The zero-order valence-corrected chi connectivity index (χ0v) is 17.0. The van der Waals surface area contributed by atoms with Gasteiger partial charge in [0, 0.05) is 18.7 Å². The van der Waals surface area contributed by atoms with Crippen LogP contribution in [-0.4, -0.2) is 48.1 Å². The average molecular weight is 422 g/mol. The van der Waals surface area contributed by atoms with Crippen LogP contribution in [0.25, 0.3) is 11.5 Å². The first-order valence-electron chi connectivity index (χ1n) is 10.1. The number of nitrogens with zero attached hydrogens (tertiary/aromatic N) is 3. The summed E-state index contributed by atoms with van der Waals surface area (Å²) in [7, 11) is 1.58. The highest BCUT2D eigenvalue weighted by Crippen LogP contribution is 2.36. The molecule has 0 aliphatic carbocycles. The second-order valence-corrected chi connectivity index (χ2v) is 7.43. The maximum atomic E-state index is 12.8. The summed E-state index contributed by atoms with van der Waals surface area (Å²) in [5.74, 6) is 2.91. The van der Waals surface area contributed by atoms with Crippen LogP contribution in [0.4, 0.5) is 10.5 Å². The van der Waals surface area contributed by atoms with Crippen molar-refractivity contribution < 1.29 is 23.4 Å². The molecule has 0 unspecified atom stereocenters. The minimum absolute atomic E-state index is 0.0209. The number of ether oxygens (including phenoxy) is 3. The van der Waals surface area contributed by atoms with Gasteiger partial charge in [-0.15, -0.1) is 10.2 Å². The molecule has 2 aliphatic heterocycles. The largest absolute Gasteiger partial charge is 0.495 e. The van der Waals surface area contributed by atoms with E-state index in [1.807, 2.05) is 42.5 Å². The number of fused-ring (bicyclic) bond motifs is 1. The van der Waals surface area contributed by atoms with E-state index < -0.39 is 0 Å². The maximum Gasteiger partial charge on any atom is 0.321 e. The third-order valence-corrected chi connectivity index (χ3v) is 5.47. The summed E-state index contributed by atoms with van der Waals surface area (Å²) in [6.07, 6.45) is 1.73. The molecule has 1 fully saturated rings. The van der Waals surface area contributed by atoms with E-state index in [1.165, 1.54) is 0 Å². The molecule has 1 saturated heterocycles. The van der Waals surface area contributed by atoms with Gasteiger partial charge in [0.2, 0.25) is 18.6 Å². The van der Waals surface area contributed by atoms with Gasteiger partial charge in [0.15, 0.2) is 11.5 Å². The molecule has 0 radical (unpaired) electrons. The number of hydrogen-bond acceptors (Lipinski definition) is 7. The third-order valence-electron chi connectivity index (χ3n) is 5.47. The number of rotatable bonds is 4. The lowest BCUT2D eigenvalue weighted by Crippen LogP contribution is -2.41. The lowest BCUT2D eigenvalue weighted by atomic mass is 9.98. The topological polar surface area (TPSA) is 99.0 Å². The zero-order valence-electron chi connectivity index (χ0n) is 17.0. The summed E-state index contributed by atoms with van der Waals surface area (Å²) < 4.78 is 22.0. The number of para-hydroxylation sites is 2. The first-order valence-corrected chi connectivity index (χ1v) is 10.1. The average Bonchev–Trinajstić information content (AvgIpc) is 3.49. The van der Waals surface area contributed by atoms with Crippen molar-refractivity contribution in [2.75, 3.05) is 32.3 Å². The SMILES string of the molecule is COc1ccccc1NC(=O)N1CCC[C@@H](c2nnc(-c3ccc4c(c3)OCO4)o2)C1. The van der Waals surface area contributed by atoms with Crippen molar-refractivity contribution in [2.24, 2.45) is 0 Å². The number of hydrogen-bond donors (Lipinski definition) is 1. The van der Waals surface area contributed by atoms with E-state index in [2.05, 4.69) is 15.5 Å². The van der Waals surface area contributed by atoms with Gasteiger partial charge in [-0.1, -0.05) is 12.1 Å². The van der Waals surface area contributed by atoms with E-state index in [0.29, 0.717) is 47.8 Å². The number of urea groups is 1. The van der Waals surface area contributed by atoms with Crippen LogP contribution in [-0.2, 0) is 0 Å². The van der Waals surface area contributed by atoms with E-state index >= 15 is 0 Å². The second-order valence-electron chi connectivity index (χ2n) is 7.43. The van der Waals surface area contributed by atoms with E-state index in [9.17, 15) is 4.79 Å². The molecule has 1 aromatic heterocycles. The van der Waals surface area contributed by atoms with Gasteiger partial charge in [-0.05, 0) is 43.2 Å². The van der Waals surface area contributed by atoms with E-state index in [1.54, 1.807) is 12.0 Å². The van der Waals surface area contributed by atoms with Crippen LogP contribution < -0.4 is 19.5 Å². The summed E-state index contributed by atoms with van der Waals surface area (Å²) in [6, 6.07) is 12.7. The highest BCUT2D eigenvalue weighted by molar-refractivity contribution is 5.91. The smallest absolute Gasteiger partial charge is 0.321 e. The van der Waals surface area contributed by atoms with E-state index in [4.69, 9.17) is 18.6 Å². The quantitative estimate of drug-likeness (QED) is 0.681. The fourth-order valence-corrected chi connectivity index (χ4v) is 3.85. The molecule has 2 aromatic carbocycles. The Kier molecular flexibility index (Phi) is 5.07. The number of likely N-dealkylation sites (tertiary alicyclic amines) is 1. The fraction of sp³-hybridized carbons (Fsp3) is 0.318. The number of carbonyl (C=O) groups is 1. The molecule has 160 valence electrons. The molecule has 1 N–H and O–H groups in total. The van der Waals surface area contributed by atoms with Crippen molar-refractivity contribution in [3.63, 3.8) is 0 Å². The van der Waals surface area contributed by atoms with Crippen LogP contribution in [0.2, 0.25) is 0 Å². The molecule has 0 bridgehead atoms. The Balaban J connectivity index is 1.28. The van der Waals surface area contributed by atoms with Crippen molar-refractivity contribution in [3.8, 4) is 28.7 Å². The van der Waals surface area contributed by atoms with Gasteiger partial charge in [-0.3, -0.25) is 0 Å². The van der Waals surface area contributed by atoms with Crippen LogP contribution in [0, 0.1) is 0 Å². The molecule has 9 nitrogen and oxygen atoms in total. The van der Waals surface area contributed by atoms with Crippen LogP contribution in [0.15, 0.2) is 46.9 Å². The van der Waals surface area contributed by atoms with Crippen LogP contribution in [0.1, 0.15) is 24.7 Å². The Morgan fingerprint density at radius 3 is 2.94 bits per heavy atom. The molecule has 1 atom stereocenters. The van der Waals surface area contributed by atoms with E-state index in [0.717, 1.165) is 18.4 Å². The number of amides is 2. The van der Waals surface area contributed by atoms with Crippen LogP contribution in [0.3, 0.4) is 0 Å². The molecular formula is C22H22N4O5. The highest BCUT2D eigenvalue weighted by Gasteiger charge is 2.29. The first-order chi connectivity index (χ1) is 15.2. The molecule has 31 heavy (non-hydrogen) atoms. The Labute approximate surface area is 178 Å². The van der Waals surface area contributed by atoms with Gasteiger partial charge in [0.25, 0.3) is 0 Å². The second kappa shape index (κ2) is 8.17. The summed E-state index contributed by atoms with van der Waals surface area (Å²) in [5.41, 5.74) is 1.41. The standard InChI is InChI=1S/C22H22N4O5/c1-28-17-7-3-2-6-16(17)23-22(27)26-10-4-5-15(12-26)21-25-24-20(31-21)14-8-9-18-19(11-14)30-13-29-18/h2-3,6-9,11,15H,4-5,10,12-13H2,1H3,(H,23,27)/t15-/m1/s1. The van der Waals surface area contributed by atoms with Crippen molar-refractivity contribution >= 4 is 11.7 Å².